The fraction of sp³-hybridized carbons (Fsp3) is 0.500. The largest absolute Gasteiger partial charge is 0.481 e. The van der Waals surface area contributed by atoms with Crippen molar-refractivity contribution in [3.63, 3.8) is 0 Å². The third kappa shape index (κ3) is 5.39. The Labute approximate surface area is 159 Å². The van der Waals surface area contributed by atoms with Gasteiger partial charge in [-0.2, -0.15) is 0 Å². The molecule has 0 radical (unpaired) electrons. The van der Waals surface area contributed by atoms with Crippen molar-refractivity contribution in [3.8, 4) is 5.69 Å². The molecule has 0 aliphatic rings. The molecule has 0 atom stereocenters. The van der Waals surface area contributed by atoms with Crippen LogP contribution in [-0.4, -0.2) is 38.5 Å². The minimum Gasteiger partial charge on any atom is -0.481 e. The molecule has 1 heterocycles. The average Bonchev–Trinajstić information content (AvgIpc) is 3.02. The van der Waals surface area contributed by atoms with Crippen molar-refractivity contribution in [1.29, 1.82) is 0 Å². The zero-order valence-electron chi connectivity index (χ0n) is 16.5. The fourth-order valence-electron chi connectivity index (χ4n) is 2.77. The van der Waals surface area contributed by atoms with Crippen LogP contribution in [0.5, 0.6) is 0 Å². The summed E-state index contributed by atoms with van der Waals surface area (Å²) in [5, 5.41) is 19.7. The van der Waals surface area contributed by atoms with Gasteiger partial charge < -0.3 is 10.4 Å². The number of hydrogen-bond acceptors (Lipinski definition) is 4. The van der Waals surface area contributed by atoms with E-state index in [0.29, 0.717) is 25.1 Å². The summed E-state index contributed by atoms with van der Waals surface area (Å²) in [6, 6.07) is 8.11. The highest BCUT2D eigenvalue weighted by Crippen LogP contribution is 2.24. The van der Waals surface area contributed by atoms with E-state index in [9.17, 15) is 9.59 Å². The molecule has 0 saturated carbocycles. The van der Waals surface area contributed by atoms with E-state index >= 15 is 0 Å². The number of nitrogens with zero attached hydrogens (tertiary/aromatic N) is 3. The minimum absolute atomic E-state index is 0.0227. The molecular formula is C20H28N4O3. The predicted octanol–water partition coefficient (Wildman–Crippen LogP) is 3.11. The zero-order chi connectivity index (χ0) is 20.0. The Kier molecular flexibility index (Phi) is 6.71. The molecule has 0 saturated heterocycles. The molecule has 1 aromatic heterocycles. The first-order valence-corrected chi connectivity index (χ1v) is 9.29. The summed E-state index contributed by atoms with van der Waals surface area (Å²) in [7, 11) is 0. The molecule has 0 aliphatic carbocycles. The van der Waals surface area contributed by atoms with Crippen LogP contribution in [-0.2, 0) is 16.6 Å². The van der Waals surface area contributed by atoms with Gasteiger partial charge in [0, 0.05) is 13.0 Å². The van der Waals surface area contributed by atoms with Crippen molar-refractivity contribution in [1.82, 2.24) is 20.3 Å². The van der Waals surface area contributed by atoms with Gasteiger partial charge in [0.15, 0.2) is 5.69 Å². The number of hydrogen-bond donors (Lipinski definition) is 2. The van der Waals surface area contributed by atoms with Gasteiger partial charge in [-0.15, -0.1) is 5.10 Å². The van der Waals surface area contributed by atoms with Crippen molar-refractivity contribution in [2.45, 2.75) is 58.8 Å². The number of carboxylic acid groups (broad SMARTS) is 1. The molecule has 0 bridgehead atoms. The number of nitrogens with one attached hydrogen (secondary N) is 1. The molecular weight excluding hydrogens is 344 g/mol. The number of rotatable bonds is 8. The van der Waals surface area contributed by atoms with E-state index < -0.39 is 5.97 Å². The number of aliphatic carboxylic acids is 1. The SMILES string of the molecule is CCCc1c(C(=O)NCCCC(=O)O)nnn1-c1ccc(C(C)(C)C)cc1. The maximum absolute atomic E-state index is 12.4. The Hall–Kier alpha value is -2.70. The molecule has 2 aromatic rings. The molecule has 0 spiro atoms. The number of benzene rings is 1. The lowest BCUT2D eigenvalue weighted by atomic mass is 9.87. The van der Waals surface area contributed by atoms with Crippen molar-refractivity contribution in [2.75, 3.05) is 6.54 Å². The summed E-state index contributed by atoms with van der Waals surface area (Å²) in [6.07, 6.45) is 1.93. The van der Waals surface area contributed by atoms with Crippen LogP contribution < -0.4 is 5.32 Å². The van der Waals surface area contributed by atoms with Gasteiger partial charge in [-0.3, -0.25) is 9.59 Å². The van der Waals surface area contributed by atoms with Crippen LogP contribution in [0.25, 0.3) is 5.69 Å². The van der Waals surface area contributed by atoms with Crippen molar-refractivity contribution in [3.05, 3.63) is 41.2 Å². The standard InChI is InChI=1S/C20H28N4O3/c1-5-7-16-18(19(27)21-13-6-8-17(25)26)22-23-24(16)15-11-9-14(10-12-15)20(2,3)4/h9-12H,5-8,13H2,1-4H3,(H,21,27)(H,25,26). The van der Waals surface area contributed by atoms with E-state index in [4.69, 9.17) is 5.11 Å². The summed E-state index contributed by atoms with van der Waals surface area (Å²) in [5.41, 5.74) is 3.21. The Morgan fingerprint density at radius 1 is 1.19 bits per heavy atom. The molecule has 0 aliphatic heterocycles. The van der Waals surface area contributed by atoms with E-state index in [-0.39, 0.29) is 17.7 Å². The molecule has 1 amide bonds. The second-order valence-corrected chi connectivity index (χ2v) is 7.60. The molecule has 146 valence electrons. The third-order valence-electron chi connectivity index (χ3n) is 4.30. The molecule has 0 fully saturated rings. The van der Waals surface area contributed by atoms with Crippen molar-refractivity contribution in [2.24, 2.45) is 0 Å². The summed E-state index contributed by atoms with van der Waals surface area (Å²) < 4.78 is 1.71. The van der Waals surface area contributed by atoms with Crippen molar-refractivity contribution < 1.29 is 14.7 Å². The normalized spacial score (nSPS) is 11.4. The van der Waals surface area contributed by atoms with Crippen LogP contribution in [0.3, 0.4) is 0 Å². The highest BCUT2D eigenvalue weighted by atomic mass is 16.4. The predicted molar refractivity (Wildman–Crippen MR) is 103 cm³/mol. The topological polar surface area (TPSA) is 97.1 Å². The van der Waals surface area contributed by atoms with Gasteiger partial charge in [0.2, 0.25) is 0 Å². The maximum atomic E-state index is 12.4. The van der Waals surface area contributed by atoms with Gasteiger partial charge in [-0.1, -0.05) is 51.5 Å². The van der Waals surface area contributed by atoms with E-state index in [1.54, 1.807) is 4.68 Å². The first-order chi connectivity index (χ1) is 12.7. The van der Waals surface area contributed by atoms with Crippen LogP contribution in [0.2, 0.25) is 0 Å². The molecule has 2 rings (SSSR count). The average molecular weight is 372 g/mol. The molecule has 2 N–H and O–H groups in total. The van der Waals surface area contributed by atoms with Gasteiger partial charge in [-0.05, 0) is 36.0 Å². The number of carbonyl (C=O) groups excluding carboxylic acids is 1. The van der Waals surface area contributed by atoms with Gasteiger partial charge in [0.05, 0.1) is 11.4 Å². The highest BCUT2D eigenvalue weighted by Gasteiger charge is 2.20. The first-order valence-electron chi connectivity index (χ1n) is 9.29. The second kappa shape index (κ2) is 8.79. The van der Waals surface area contributed by atoms with Gasteiger partial charge >= 0.3 is 5.97 Å². The first kappa shape index (κ1) is 20.6. The second-order valence-electron chi connectivity index (χ2n) is 7.60. The summed E-state index contributed by atoms with van der Waals surface area (Å²) in [5.74, 6) is -1.19. The number of amides is 1. The summed E-state index contributed by atoms with van der Waals surface area (Å²) >= 11 is 0. The molecule has 1 aromatic carbocycles. The Morgan fingerprint density at radius 3 is 2.41 bits per heavy atom. The van der Waals surface area contributed by atoms with Crippen LogP contribution in [0.15, 0.2) is 24.3 Å². The summed E-state index contributed by atoms with van der Waals surface area (Å²) in [4.78, 5) is 23.0. The summed E-state index contributed by atoms with van der Waals surface area (Å²) in [6.45, 7) is 8.81. The van der Waals surface area contributed by atoms with Crippen LogP contribution in [0.1, 0.15) is 68.7 Å². The van der Waals surface area contributed by atoms with Gasteiger partial charge in [0.25, 0.3) is 5.91 Å². The fourth-order valence-corrected chi connectivity index (χ4v) is 2.77. The minimum atomic E-state index is -0.874. The maximum Gasteiger partial charge on any atom is 0.303 e. The zero-order valence-corrected chi connectivity index (χ0v) is 16.5. The highest BCUT2D eigenvalue weighted by molar-refractivity contribution is 5.93. The number of carbonyl (C=O) groups is 2. The number of carboxylic acids is 1. The molecule has 27 heavy (non-hydrogen) atoms. The van der Waals surface area contributed by atoms with E-state index in [2.05, 4.69) is 48.5 Å². The lowest BCUT2D eigenvalue weighted by Crippen LogP contribution is -2.26. The lowest BCUT2D eigenvalue weighted by Gasteiger charge is -2.19. The molecule has 7 heteroatoms. The quantitative estimate of drug-likeness (QED) is 0.694. The van der Waals surface area contributed by atoms with E-state index in [1.165, 1.54) is 5.56 Å². The Balaban J connectivity index is 2.21. The van der Waals surface area contributed by atoms with Crippen molar-refractivity contribution >= 4 is 11.9 Å². The third-order valence-corrected chi connectivity index (χ3v) is 4.30. The molecule has 7 nitrogen and oxygen atoms in total. The smallest absolute Gasteiger partial charge is 0.303 e. The van der Waals surface area contributed by atoms with E-state index in [1.807, 2.05) is 19.1 Å². The Morgan fingerprint density at radius 2 is 1.85 bits per heavy atom. The van der Waals surface area contributed by atoms with Gasteiger partial charge in [0.1, 0.15) is 0 Å². The lowest BCUT2D eigenvalue weighted by molar-refractivity contribution is -0.137. The van der Waals surface area contributed by atoms with Gasteiger partial charge in [-0.25, -0.2) is 4.68 Å². The Bertz CT molecular complexity index is 789. The van der Waals surface area contributed by atoms with Crippen LogP contribution >= 0.6 is 0 Å². The monoisotopic (exact) mass is 372 g/mol. The number of aromatic nitrogens is 3. The van der Waals surface area contributed by atoms with Crippen LogP contribution in [0.4, 0.5) is 0 Å². The van der Waals surface area contributed by atoms with E-state index in [0.717, 1.165) is 17.8 Å². The van der Waals surface area contributed by atoms with Crippen LogP contribution in [0, 0.1) is 0 Å². The molecule has 0 unspecified atom stereocenters.